The van der Waals surface area contributed by atoms with Crippen LogP contribution in [0.4, 0.5) is 0 Å². The SMILES string of the molecule is CCNC(=O)[C@@H](C)N(Cc1c(Cl)cccc1Cl)C(=O)CSCc1cccc(Cl)c1. The van der Waals surface area contributed by atoms with Gasteiger partial charge in [-0.15, -0.1) is 11.8 Å². The summed E-state index contributed by atoms with van der Waals surface area (Å²) < 4.78 is 0. The van der Waals surface area contributed by atoms with E-state index in [1.54, 1.807) is 25.1 Å². The van der Waals surface area contributed by atoms with Crippen LogP contribution in [0.2, 0.25) is 15.1 Å². The highest BCUT2D eigenvalue weighted by Crippen LogP contribution is 2.27. The quantitative estimate of drug-likeness (QED) is 0.528. The second-order valence-electron chi connectivity index (χ2n) is 6.42. The number of nitrogens with one attached hydrogen (secondary N) is 1. The first kappa shape index (κ1) is 23.9. The number of rotatable bonds is 9. The fourth-order valence-electron chi connectivity index (χ4n) is 2.72. The Bertz CT molecular complexity index is 843. The summed E-state index contributed by atoms with van der Waals surface area (Å²) >= 11 is 20.0. The van der Waals surface area contributed by atoms with Gasteiger partial charge in [-0.25, -0.2) is 0 Å². The van der Waals surface area contributed by atoms with Gasteiger partial charge in [0, 0.05) is 39.5 Å². The van der Waals surface area contributed by atoms with Gasteiger partial charge in [0.2, 0.25) is 11.8 Å². The molecule has 0 spiro atoms. The monoisotopic (exact) mass is 472 g/mol. The molecule has 0 heterocycles. The van der Waals surface area contributed by atoms with Crippen LogP contribution in [-0.4, -0.2) is 35.1 Å². The van der Waals surface area contributed by atoms with Gasteiger partial charge >= 0.3 is 0 Å². The highest BCUT2D eigenvalue weighted by Gasteiger charge is 2.27. The number of benzene rings is 2. The van der Waals surface area contributed by atoms with E-state index >= 15 is 0 Å². The van der Waals surface area contributed by atoms with E-state index in [1.165, 1.54) is 16.7 Å². The van der Waals surface area contributed by atoms with E-state index in [0.717, 1.165) is 5.56 Å². The highest BCUT2D eigenvalue weighted by atomic mass is 35.5. The van der Waals surface area contributed by atoms with Crippen molar-refractivity contribution >= 4 is 58.4 Å². The standard InChI is InChI=1S/C21H23Cl3N2O2S/c1-3-25-21(28)14(2)26(11-17-18(23)8-5-9-19(17)24)20(27)13-29-12-15-6-4-7-16(22)10-15/h4-10,14H,3,11-13H2,1-2H3,(H,25,28)/t14-/m1/s1. The number of likely N-dealkylation sites (N-methyl/N-ethyl adjacent to an activating group) is 1. The number of carbonyl (C=O) groups is 2. The third kappa shape index (κ3) is 7.10. The number of amides is 2. The Labute approximate surface area is 190 Å². The molecule has 0 aliphatic carbocycles. The Morgan fingerprint density at radius 2 is 1.76 bits per heavy atom. The van der Waals surface area contributed by atoms with E-state index in [0.29, 0.717) is 32.9 Å². The van der Waals surface area contributed by atoms with Gasteiger partial charge in [0.1, 0.15) is 6.04 Å². The normalized spacial score (nSPS) is 11.8. The van der Waals surface area contributed by atoms with Gasteiger partial charge in [0.15, 0.2) is 0 Å². The van der Waals surface area contributed by atoms with Gasteiger partial charge in [0.25, 0.3) is 0 Å². The Hall–Kier alpha value is -1.40. The molecule has 2 aromatic rings. The second-order valence-corrected chi connectivity index (χ2v) is 8.65. The average molecular weight is 474 g/mol. The maximum absolute atomic E-state index is 13.0. The van der Waals surface area contributed by atoms with Crippen molar-refractivity contribution in [2.24, 2.45) is 0 Å². The van der Waals surface area contributed by atoms with Crippen molar-refractivity contribution < 1.29 is 9.59 Å². The van der Waals surface area contributed by atoms with Crippen LogP contribution in [-0.2, 0) is 21.9 Å². The van der Waals surface area contributed by atoms with E-state index in [9.17, 15) is 9.59 Å². The van der Waals surface area contributed by atoms with Gasteiger partial charge in [-0.3, -0.25) is 9.59 Å². The highest BCUT2D eigenvalue weighted by molar-refractivity contribution is 7.99. The Morgan fingerprint density at radius 3 is 2.38 bits per heavy atom. The van der Waals surface area contributed by atoms with Crippen molar-refractivity contribution in [2.75, 3.05) is 12.3 Å². The summed E-state index contributed by atoms with van der Waals surface area (Å²) in [5, 5.41) is 4.35. The molecule has 2 amide bonds. The molecule has 0 radical (unpaired) electrons. The maximum Gasteiger partial charge on any atom is 0.242 e. The summed E-state index contributed by atoms with van der Waals surface area (Å²) in [5.74, 6) is 0.483. The number of carbonyl (C=O) groups excluding carboxylic acids is 2. The summed E-state index contributed by atoms with van der Waals surface area (Å²) in [4.78, 5) is 26.9. The molecular formula is C21H23Cl3N2O2S. The van der Waals surface area contributed by atoms with Crippen LogP contribution in [0.25, 0.3) is 0 Å². The topological polar surface area (TPSA) is 49.4 Å². The largest absolute Gasteiger partial charge is 0.355 e. The fraction of sp³-hybridized carbons (Fsp3) is 0.333. The van der Waals surface area contributed by atoms with E-state index in [4.69, 9.17) is 34.8 Å². The zero-order valence-electron chi connectivity index (χ0n) is 16.3. The molecule has 4 nitrogen and oxygen atoms in total. The first-order valence-corrected chi connectivity index (χ1v) is 11.4. The van der Waals surface area contributed by atoms with Crippen LogP contribution in [0.1, 0.15) is 25.0 Å². The van der Waals surface area contributed by atoms with Crippen molar-refractivity contribution in [2.45, 2.75) is 32.2 Å². The van der Waals surface area contributed by atoms with Crippen molar-refractivity contribution in [1.82, 2.24) is 10.2 Å². The predicted molar refractivity (Wildman–Crippen MR) is 123 cm³/mol. The third-order valence-corrected chi connectivity index (χ3v) is 6.22. The predicted octanol–water partition coefficient (Wildman–Crippen LogP) is 5.43. The van der Waals surface area contributed by atoms with Crippen LogP contribution in [0, 0.1) is 0 Å². The van der Waals surface area contributed by atoms with Crippen LogP contribution in [0.5, 0.6) is 0 Å². The summed E-state index contributed by atoms with van der Waals surface area (Å²) in [6, 6.07) is 12.1. The first-order chi connectivity index (χ1) is 13.8. The molecule has 2 rings (SSSR count). The molecule has 1 atom stereocenters. The molecule has 0 aliphatic rings. The molecule has 156 valence electrons. The second kappa shape index (κ2) is 11.7. The Morgan fingerprint density at radius 1 is 1.10 bits per heavy atom. The van der Waals surface area contributed by atoms with Gasteiger partial charge in [-0.2, -0.15) is 0 Å². The Balaban J connectivity index is 2.12. The summed E-state index contributed by atoms with van der Waals surface area (Å²) in [7, 11) is 0. The van der Waals surface area contributed by atoms with Crippen molar-refractivity contribution in [3.8, 4) is 0 Å². The molecule has 0 aliphatic heterocycles. The van der Waals surface area contributed by atoms with Gasteiger partial charge < -0.3 is 10.2 Å². The molecule has 0 saturated carbocycles. The molecule has 29 heavy (non-hydrogen) atoms. The number of nitrogens with zero attached hydrogens (tertiary/aromatic N) is 1. The van der Waals surface area contributed by atoms with Crippen LogP contribution in [0.3, 0.4) is 0 Å². The molecule has 0 fully saturated rings. The number of hydrogen-bond acceptors (Lipinski definition) is 3. The number of hydrogen-bond donors (Lipinski definition) is 1. The third-order valence-electron chi connectivity index (χ3n) is 4.29. The van der Waals surface area contributed by atoms with E-state index in [-0.39, 0.29) is 24.1 Å². The molecule has 1 N–H and O–H groups in total. The zero-order valence-corrected chi connectivity index (χ0v) is 19.3. The number of thioether (sulfide) groups is 1. The molecular weight excluding hydrogens is 451 g/mol. The lowest BCUT2D eigenvalue weighted by molar-refractivity contribution is -0.138. The van der Waals surface area contributed by atoms with Crippen LogP contribution in [0.15, 0.2) is 42.5 Å². The lowest BCUT2D eigenvalue weighted by Gasteiger charge is -2.29. The number of halogens is 3. The van der Waals surface area contributed by atoms with E-state index in [1.807, 2.05) is 31.2 Å². The molecule has 0 aromatic heterocycles. The lowest BCUT2D eigenvalue weighted by Crippen LogP contribution is -2.48. The van der Waals surface area contributed by atoms with E-state index < -0.39 is 6.04 Å². The van der Waals surface area contributed by atoms with E-state index in [2.05, 4.69) is 5.32 Å². The minimum absolute atomic E-state index is 0.160. The van der Waals surface area contributed by atoms with Crippen LogP contribution >= 0.6 is 46.6 Å². The molecule has 2 aromatic carbocycles. The fourth-order valence-corrected chi connectivity index (χ4v) is 4.31. The van der Waals surface area contributed by atoms with Crippen molar-refractivity contribution in [1.29, 1.82) is 0 Å². The minimum atomic E-state index is -0.651. The van der Waals surface area contributed by atoms with Crippen LogP contribution < -0.4 is 5.32 Å². The van der Waals surface area contributed by atoms with Gasteiger partial charge in [0.05, 0.1) is 5.75 Å². The molecule has 0 bridgehead atoms. The smallest absolute Gasteiger partial charge is 0.242 e. The first-order valence-electron chi connectivity index (χ1n) is 9.15. The average Bonchev–Trinajstić information content (AvgIpc) is 2.67. The maximum atomic E-state index is 13.0. The van der Waals surface area contributed by atoms with Gasteiger partial charge in [-0.05, 0) is 43.7 Å². The summed E-state index contributed by atoms with van der Waals surface area (Å²) in [6.07, 6.45) is 0. The molecule has 0 unspecified atom stereocenters. The summed E-state index contributed by atoms with van der Waals surface area (Å²) in [6.45, 7) is 4.19. The van der Waals surface area contributed by atoms with Gasteiger partial charge in [-0.1, -0.05) is 53.0 Å². The zero-order chi connectivity index (χ0) is 21.4. The minimum Gasteiger partial charge on any atom is -0.355 e. The Kier molecular flexibility index (Phi) is 9.63. The lowest BCUT2D eigenvalue weighted by atomic mass is 10.1. The molecule has 0 saturated heterocycles. The molecule has 8 heteroatoms. The summed E-state index contributed by atoms with van der Waals surface area (Å²) in [5.41, 5.74) is 1.66. The van der Waals surface area contributed by atoms with Crippen molar-refractivity contribution in [3.63, 3.8) is 0 Å². The van der Waals surface area contributed by atoms with Crippen molar-refractivity contribution in [3.05, 3.63) is 68.7 Å².